The number of carbonyl (C=O) groups is 1. The maximum atomic E-state index is 12.5. The van der Waals surface area contributed by atoms with Crippen LogP contribution in [0.25, 0.3) is 0 Å². The summed E-state index contributed by atoms with van der Waals surface area (Å²) < 4.78 is 29.1. The zero-order valence-corrected chi connectivity index (χ0v) is 6.54. The van der Waals surface area contributed by atoms with Crippen molar-refractivity contribution < 1.29 is 18.3 Å². The lowest BCUT2D eigenvalue weighted by Crippen LogP contribution is -2.40. The molecule has 0 atom stereocenters. The lowest BCUT2D eigenvalue weighted by Gasteiger charge is -2.13. The average molecular weight is 187 g/mol. The molecule has 5 heteroatoms. The highest BCUT2D eigenvalue weighted by atomic mass is 19.3. The predicted molar refractivity (Wildman–Crippen MR) is 41.2 cm³/mol. The zero-order chi connectivity index (χ0) is 9.90. The summed E-state index contributed by atoms with van der Waals surface area (Å²) in [6.45, 7) is 0. The number of hydrogen-bond acceptors (Lipinski definition) is 2. The summed E-state index contributed by atoms with van der Waals surface area (Å²) in [5.41, 5.74) is 4.40. The summed E-state index contributed by atoms with van der Waals surface area (Å²) in [6.07, 6.45) is -3.96. The van der Waals surface area contributed by atoms with E-state index in [1.54, 1.807) is 6.07 Å². The Morgan fingerprint density at radius 2 is 1.85 bits per heavy atom. The van der Waals surface area contributed by atoms with Gasteiger partial charge < -0.3 is 10.5 Å². The molecule has 70 valence electrons. The summed E-state index contributed by atoms with van der Waals surface area (Å²) in [5.74, 6) is -1.91. The van der Waals surface area contributed by atoms with Crippen LogP contribution in [0.1, 0.15) is 0 Å². The van der Waals surface area contributed by atoms with Crippen LogP contribution < -0.4 is 10.5 Å². The van der Waals surface area contributed by atoms with Crippen LogP contribution in [0.3, 0.4) is 0 Å². The van der Waals surface area contributed by atoms with E-state index in [0.29, 0.717) is 0 Å². The smallest absolute Gasteiger partial charge is 0.425 e. The molecule has 0 fully saturated rings. The largest absolute Gasteiger partial charge is 0.482 e. The number of amides is 1. The molecular formula is C8H7F2NO2. The number of nitrogens with two attached hydrogens (primary N) is 1. The predicted octanol–water partition coefficient (Wildman–Crippen LogP) is 1.14. The topological polar surface area (TPSA) is 52.3 Å². The number of carbonyl (C=O) groups excluding carboxylic acids is 1. The second-order valence-electron chi connectivity index (χ2n) is 2.30. The van der Waals surface area contributed by atoms with Gasteiger partial charge in [-0.25, -0.2) is 0 Å². The van der Waals surface area contributed by atoms with Crippen molar-refractivity contribution in [2.75, 3.05) is 0 Å². The van der Waals surface area contributed by atoms with E-state index in [9.17, 15) is 13.6 Å². The fourth-order valence-corrected chi connectivity index (χ4v) is 0.687. The molecule has 1 aromatic rings. The quantitative estimate of drug-likeness (QED) is 0.771. The van der Waals surface area contributed by atoms with Crippen LogP contribution in [-0.2, 0) is 4.79 Å². The summed E-state index contributed by atoms with van der Waals surface area (Å²) in [4.78, 5) is 10.2. The SMILES string of the molecule is NC(=O)C(F)(F)Oc1ccccc1. The molecule has 0 saturated carbocycles. The van der Waals surface area contributed by atoms with Crippen LogP contribution in [0, 0.1) is 0 Å². The van der Waals surface area contributed by atoms with E-state index in [2.05, 4.69) is 10.5 Å². The second kappa shape index (κ2) is 3.38. The third-order valence-electron chi connectivity index (χ3n) is 1.28. The fraction of sp³-hybridized carbons (Fsp3) is 0.125. The highest BCUT2D eigenvalue weighted by Gasteiger charge is 2.39. The van der Waals surface area contributed by atoms with Crippen molar-refractivity contribution in [1.29, 1.82) is 0 Å². The summed E-state index contributed by atoms with van der Waals surface area (Å²) >= 11 is 0. The van der Waals surface area contributed by atoms with E-state index in [0.717, 1.165) is 0 Å². The molecule has 1 amide bonds. The summed E-state index contributed by atoms with van der Waals surface area (Å²) in [7, 11) is 0. The number of ether oxygens (including phenoxy) is 1. The van der Waals surface area contributed by atoms with Crippen LogP contribution in [0.2, 0.25) is 0 Å². The third kappa shape index (κ3) is 2.40. The van der Waals surface area contributed by atoms with Gasteiger partial charge in [-0.15, -0.1) is 0 Å². The first kappa shape index (κ1) is 9.44. The molecule has 0 heterocycles. The Bertz CT molecular complexity index is 300. The molecule has 1 rings (SSSR count). The van der Waals surface area contributed by atoms with Crippen molar-refractivity contribution in [2.24, 2.45) is 5.73 Å². The first-order chi connectivity index (χ1) is 6.02. The van der Waals surface area contributed by atoms with Crippen LogP contribution in [-0.4, -0.2) is 12.0 Å². The van der Waals surface area contributed by atoms with Gasteiger partial charge in [0.2, 0.25) is 0 Å². The monoisotopic (exact) mass is 187 g/mol. The van der Waals surface area contributed by atoms with Gasteiger partial charge in [0.05, 0.1) is 0 Å². The van der Waals surface area contributed by atoms with Crippen molar-refractivity contribution in [2.45, 2.75) is 6.11 Å². The van der Waals surface area contributed by atoms with E-state index >= 15 is 0 Å². The van der Waals surface area contributed by atoms with E-state index in [1.165, 1.54) is 24.3 Å². The molecule has 1 aromatic carbocycles. The molecule has 0 aliphatic carbocycles. The van der Waals surface area contributed by atoms with Gasteiger partial charge in [-0.05, 0) is 12.1 Å². The minimum Gasteiger partial charge on any atom is -0.425 e. The van der Waals surface area contributed by atoms with Crippen LogP contribution in [0.5, 0.6) is 5.75 Å². The maximum Gasteiger partial charge on any atom is 0.482 e. The first-order valence-electron chi connectivity index (χ1n) is 3.44. The number of halogens is 2. The molecule has 0 aliphatic rings. The standard InChI is InChI=1S/C8H7F2NO2/c9-8(10,7(11)12)13-6-4-2-1-3-5-6/h1-5H,(H2,11,12). The Hall–Kier alpha value is -1.65. The van der Waals surface area contributed by atoms with Gasteiger partial charge >= 0.3 is 12.0 Å². The highest BCUT2D eigenvalue weighted by molar-refractivity contribution is 5.80. The van der Waals surface area contributed by atoms with E-state index in [-0.39, 0.29) is 5.75 Å². The molecule has 0 aliphatic heterocycles. The Morgan fingerprint density at radius 3 is 2.31 bits per heavy atom. The molecule has 0 radical (unpaired) electrons. The molecule has 0 aromatic heterocycles. The highest BCUT2D eigenvalue weighted by Crippen LogP contribution is 2.20. The number of primary amides is 1. The minimum atomic E-state index is -3.96. The molecule has 3 nitrogen and oxygen atoms in total. The molecule has 13 heavy (non-hydrogen) atoms. The Labute approximate surface area is 73.1 Å². The number of alkyl halides is 2. The summed E-state index contributed by atoms with van der Waals surface area (Å²) in [6, 6.07) is 7.25. The third-order valence-corrected chi connectivity index (χ3v) is 1.28. The van der Waals surface area contributed by atoms with Crippen molar-refractivity contribution >= 4 is 5.91 Å². The summed E-state index contributed by atoms with van der Waals surface area (Å²) in [5, 5.41) is 0. The van der Waals surface area contributed by atoms with Gasteiger partial charge in [-0.1, -0.05) is 18.2 Å². The Balaban J connectivity index is 2.75. The minimum absolute atomic E-state index is 0.105. The lowest BCUT2D eigenvalue weighted by atomic mass is 10.3. The number of benzene rings is 1. The second-order valence-corrected chi connectivity index (χ2v) is 2.30. The zero-order valence-electron chi connectivity index (χ0n) is 6.54. The average Bonchev–Trinajstić information content (AvgIpc) is 2.05. The van der Waals surface area contributed by atoms with Crippen molar-refractivity contribution in [3.63, 3.8) is 0 Å². The van der Waals surface area contributed by atoms with Crippen LogP contribution in [0.4, 0.5) is 8.78 Å². The van der Waals surface area contributed by atoms with Crippen molar-refractivity contribution in [3.8, 4) is 5.75 Å². The van der Waals surface area contributed by atoms with E-state index in [1.807, 2.05) is 0 Å². The van der Waals surface area contributed by atoms with E-state index < -0.39 is 12.0 Å². The Morgan fingerprint density at radius 1 is 1.31 bits per heavy atom. The van der Waals surface area contributed by atoms with Crippen molar-refractivity contribution in [1.82, 2.24) is 0 Å². The van der Waals surface area contributed by atoms with Gasteiger partial charge in [0, 0.05) is 0 Å². The van der Waals surface area contributed by atoms with Gasteiger partial charge in [0.25, 0.3) is 0 Å². The maximum absolute atomic E-state index is 12.5. The Kier molecular flexibility index (Phi) is 2.46. The van der Waals surface area contributed by atoms with Gasteiger partial charge in [0.15, 0.2) is 0 Å². The van der Waals surface area contributed by atoms with Crippen LogP contribution >= 0.6 is 0 Å². The lowest BCUT2D eigenvalue weighted by molar-refractivity contribution is -0.189. The molecule has 0 saturated heterocycles. The van der Waals surface area contributed by atoms with Crippen molar-refractivity contribution in [3.05, 3.63) is 30.3 Å². The fourth-order valence-electron chi connectivity index (χ4n) is 0.687. The number of hydrogen-bond donors (Lipinski definition) is 1. The van der Waals surface area contributed by atoms with Gasteiger partial charge in [-0.2, -0.15) is 8.78 Å². The molecule has 0 unspecified atom stereocenters. The van der Waals surface area contributed by atoms with Gasteiger partial charge in [-0.3, -0.25) is 4.79 Å². The molecular weight excluding hydrogens is 180 g/mol. The van der Waals surface area contributed by atoms with E-state index in [4.69, 9.17) is 0 Å². The normalized spacial score (nSPS) is 10.9. The first-order valence-corrected chi connectivity index (χ1v) is 3.44. The molecule has 0 spiro atoms. The molecule has 2 N–H and O–H groups in total. The number of para-hydroxylation sites is 1. The van der Waals surface area contributed by atoms with Gasteiger partial charge in [0.1, 0.15) is 5.75 Å². The number of rotatable bonds is 3. The molecule has 0 bridgehead atoms. The van der Waals surface area contributed by atoms with Crippen LogP contribution in [0.15, 0.2) is 30.3 Å².